The molecule has 0 bridgehead atoms. The number of carbonyl (C=O) groups excluding carboxylic acids is 1. The van der Waals surface area contributed by atoms with E-state index >= 15 is 0 Å². The molecule has 3 aromatic rings. The minimum absolute atomic E-state index is 0.153. The molecule has 142 valence electrons. The average molecular weight is 379 g/mol. The van der Waals surface area contributed by atoms with Gasteiger partial charge in [-0.2, -0.15) is 10.2 Å². The van der Waals surface area contributed by atoms with Gasteiger partial charge in [-0.25, -0.2) is 4.79 Å². The summed E-state index contributed by atoms with van der Waals surface area (Å²) in [5.41, 5.74) is 1.17. The van der Waals surface area contributed by atoms with Crippen molar-refractivity contribution in [3.63, 3.8) is 0 Å². The molecule has 0 radical (unpaired) electrons. The minimum Gasteiger partial charge on any atom is -0.496 e. The first kappa shape index (κ1) is 18.9. The molecule has 3 rings (SSSR count). The van der Waals surface area contributed by atoms with Crippen molar-refractivity contribution >= 4 is 5.97 Å². The Morgan fingerprint density at radius 3 is 2.68 bits per heavy atom. The summed E-state index contributed by atoms with van der Waals surface area (Å²) >= 11 is 0. The number of para-hydroxylation sites is 1. The van der Waals surface area contributed by atoms with Gasteiger partial charge in [0.1, 0.15) is 11.5 Å². The van der Waals surface area contributed by atoms with E-state index < -0.39 is 12.1 Å². The first-order chi connectivity index (χ1) is 13.6. The van der Waals surface area contributed by atoms with Gasteiger partial charge in [0.05, 0.1) is 24.3 Å². The van der Waals surface area contributed by atoms with E-state index in [4.69, 9.17) is 24.0 Å². The predicted octanol–water partition coefficient (Wildman–Crippen LogP) is 3.13. The molecule has 0 N–H and O–H groups in total. The van der Waals surface area contributed by atoms with Crippen molar-refractivity contribution < 1.29 is 23.5 Å². The van der Waals surface area contributed by atoms with Crippen LogP contribution in [0.5, 0.6) is 11.5 Å². The summed E-state index contributed by atoms with van der Waals surface area (Å²) in [6.45, 7) is 1.39. The lowest BCUT2D eigenvalue weighted by molar-refractivity contribution is -0.153. The fraction of sp³-hybridized carbons (Fsp3) is 0.200. The topological polar surface area (TPSA) is 107 Å². The van der Waals surface area contributed by atoms with Crippen LogP contribution in [0.4, 0.5) is 0 Å². The summed E-state index contributed by atoms with van der Waals surface area (Å²) in [7, 11) is 1.55. The van der Waals surface area contributed by atoms with Crippen LogP contribution in [0, 0.1) is 11.3 Å². The molecule has 0 aliphatic rings. The summed E-state index contributed by atoms with van der Waals surface area (Å²) in [6, 6.07) is 15.7. The molecule has 0 fully saturated rings. The highest BCUT2D eigenvalue weighted by Crippen LogP contribution is 2.27. The number of aromatic nitrogens is 2. The van der Waals surface area contributed by atoms with Crippen LogP contribution in [0.25, 0.3) is 11.4 Å². The van der Waals surface area contributed by atoms with Crippen molar-refractivity contribution in [3.05, 3.63) is 60.0 Å². The maximum absolute atomic E-state index is 12.1. The molecule has 2 aromatic carbocycles. The molecule has 8 nitrogen and oxygen atoms in total. The minimum atomic E-state index is -0.843. The zero-order valence-corrected chi connectivity index (χ0v) is 15.3. The van der Waals surface area contributed by atoms with Gasteiger partial charge in [-0.1, -0.05) is 17.3 Å². The molecule has 1 heterocycles. The Hall–Kier alpha value is -3.86. The van der Waals surface area contributed by atoms with Crippen LogP contribution in [0.3, 0.4) is 0 Å². The fourth-order valence-electron chi connectivity index (χ4n) is 2.36. The van der Waals surface area contributed by atoms with Gasteiger partial charge in [0.15, 0.2) is 12.7 Å². The quantitative estimate of drug-likeness (QED) is 0.576. The number of esters is 1. The van der Waals surface area contributed by atoms with Crippen molar-refractivity contribution in [3.8, 4) is 29.0 Å². The standard InChI is InChI=1S/C20H17N3O5/c1-13(27-15-9-7-14(11-21)8-10-15)20(24)26-12-18-22-19(23-28-18)16-5-3-4-6-17(16)25-2/h3-10,13H,12H2,1-2H3/t13-/m1/s1. The molecule has 0 unspecified atom stereocenters. The summed E-state index contributed by atoms with van der Waals surface area (Å²) in [5.74, 6) is 0.975. The maximum atomic E-state index is 12.1. The number of rotatable bonds is 7. The molecule has 1 aromatic heterocycles. The van der Waals surface area contributed by atoms with Gasteiger partial charge >= 0.3 is 5.97 Å². The van der Waals surface area contributed by atoms with Gasteiger partial charge in [0, 0.05) is 0 Å². The summed E-state index contributed by atoms with van der Waals surface area (Å²) in [4.78, 5) is 16.3. The highest BCUT2D eigenvalue weighted by Gasteiger charge is 2.19. The fourth-order valence-corrected chi connectivity index (χ4v) is 2.36. The van der Waals surface area contributed by atoms with Crippen LogP contribution in [-0.4, -0.2) is 29.3 Å². The Balaban J connectivity index is 1.57. The van der Waals surface area contributed by atoms with Crippen LogP contribution < -0.4 is 9.47 Å². The van der Waals surface area contributed by atoms with Crippen LogP contribution in [0.15, 0.2) is 53.1 Å². The summed E-state index contributed by atoms with van der Waals surface area (Å²) in [5, 5.41) is 12.7. The van der Waals surface area contributed by atoms with Gasteiger partial charge < -0.3 is 18.7 Å². The van der Waals surface area contributed by atoms with E-state index in [-0.39, 0.29) is 12.5 Å². The van der Waals surface area contributed by atoms with Crippen LogP contribution >= 0.6 is 0 Å². The molecule has 0 amide bonds. The van der Waals surface area contributed by atoms with Gasteiger partial charge in [-0.05, 0) is 43.3 Å². The second-order valence-electron chi connectivity index (χ2n) is 5.72. The van der Waals surface area contributed by atoms with Crippen molar-refractivity contribution in [1.29, 1.82) is 5.26 Å². The van der Waals surface area contributed by atoms with E-state index in [1.807, 2.05) is 18.2 Å². The van der Waals surface area contributed by atoms with Crippen molar-refractivity contribution in [2.45, 2.75) is 19.6 Å². The van der Waals surface area contributed by atoms with E-state index in [0.717, 1.165) is 0 Å². The second kappa shape index (κ2) is 8.68. The molecule has 8 heteroatoms. The molecular formula is C20H17N3O5. The molecular weight excluding hydrogens is 362 g/mol. The highest BCUT2D eigenvalue weighted by atomic mass is 16.6. The normalized spacial score (nSPS) is 11.3. The maximum Gasteiger partial charge on any atom is 0.347 e. The Bertz CT molecular complexity index is 992. The third-order valence-electron chi connectivity index (χ3n) is 3.78. The lowest BCUT2D eigenvalue weighted by Gasteiger charge is -2.13. The monoisotopic (exact) mass is 379 g/mol. The lowest BCUT2D eigenvalue weighted by atomic mass is 10.2. The van der Waals surface area contributed by atoms with Crippen molar-refractivity contribution in [2.24, 2.45) is 0 Å². The van der Waals surface area contributed by atoms with Crippen LogP contribution in [0.2, 0.25) is 0 Å². The third-order valence-corrected chi connectivity index (χ3v) is 3.78. The van der Waals surface area contributed by atoms with E-state index in [2.05, 4.69) is 10.1 Å². The van der Waals surface area contributed by atoms with E-state index in [1.54, 1.807) is 50.4 Å². The van der Waals surface area contributed by atoms with E-state index in [0.29, 0.717) is 28.5 Å². The zero-order valence-electron chi connectivity index (χ0n) is 15.3. The van der Waals surface area contributed by atoms with Gasteiger partial charge in [-0.15, -0.1) is 0 Å². The largest absolute Gasteiger partial charge is 0.496 e. The third kappa shape index (κ3) is 4.45. The molecule has 28 heavy (non-hydrogen) atoms. The van der Waals surface area contributed by atoms with Crippen molar-refractivity contribution in [1.82, 2.24) is 10.1 Å². The van der Waals surface area contributed by atoms with Crippen LogP contribution in [-0.2, 0) is 16.1 Å². The number of carbonyl (C=O) groups is 1. The van der Waals surface area contributed by atoms with Gasteiger partial charge in [-0.3, -0.25) is 0 Å². The number of methoxy groups -OCH3 is 1. The number of nitrogens with zero attached hydrogens (tertiary/aromatic N) is 3. The average Bonchev–Trinajstić information content (AvgIpc) is 3.21. The number of nitriles is 1. The Labute approximate surface area is 161 Å². The van der Waals surface area contributed by atoms with Crippen LogP contribution in [0.1, 0.15) is 18.4 Å². The SMILES string of the molecule is COc1ccccc1-c1noc(COC(=O)[C@@H](C)Oc2ccc(C#N)cc2)n1. The number of ether oxygens (including phenoxy) is 3. The predicted molar refractivity (Wildman–Crippen MR) is 97.3 cm³/mol. The van der Waals surface area contributed by atoms with Gasteiger partial charge in [0.2, 0.25) is 5.82 Å². The number of benzene rings is 2. The smallest absolute Gasteiger partial charge is 0.347 e. The lowest BCUT2D eigenvalue weighted by Crippen LogP contribution is -2.26. The first-order valence-corrected chi connectivity index (χ1v) is 8.40. The summed E-state index contributed by atoms with van der Waals surface area (Å²) < 4.78 is 21.1. The molecule has 0 saturated carbocycles. The second-order valence-corrected chi connectivity index (χ2v) is 5.72. The Morgan fingerprint density at radius 2 is 1.96 bits per heavy atom. The van der Waals surface area contributed by atoms with E-state index in [9.17, 15) is 4.79 Å². The Morgan fingerprint density at radius 1 is 1.21 bits per heavy atom. The molecule has 1 atom stereocenters. The molecule has 0 spiro atoms. The van der Waals surface area contributed by atoms with Gasteiger partial charge in [0.25, 0.3) is 5.89 Å². The number of hydrogen-bond acceptors (Lipinski definition) is 8. The van der Waals surface area contributed by atoms with E-state index in [1.165, 1.54) is 0 Å². The zero-order chi connectivity index (χ0) is 19.9. The molecule has 0 aliphatic heterocycles. The highest BCUT2D eigenvalue weighted by molar-refractivity contribution is 5.74. The first-order valence-electron chi connectivity index (χ1n) is 8.40. The molecule has 0 aliphatic carbocycles. The van der Waals surface area contributed by atoms with Crippen molar-refractivity contribution in [2.75, 3.05) is 7.11 Å². The number of hydrogen-bond donors (Lipinski definition) is 0. The molecule has 0 saturated heterocycles. The Kier molecular flexibility index (Phi) is 5.87. The summed E-state index contributed by atoms with van der Waals surface area (Å²) in [6.07, 6.45) is -0.843.